The number of carbonyl (C=O) groups excluding carboxylic acids is 1. The molecule has 0 aliphatic heterocycles. The monoisotopic (exact) mass is 361 g/mol. The number of methoxy groups -OCH3 is 2. The van der Waals surface area contributed by atoms with Crippen LogP contribution >= 0.6 is 0 Å². The Morgan fingerprint density at radius 2 is 1.96 bits per heavy atom. The summed E-state index contributed by atoms with van der Waals surface area (Å²) in [6.45, 7) is 6.64. The van der Waals surface area contributed by atoms with Crippen LogP contribution in [0.15, 0.2) is 18.3 Å². The maximum atomic E-state index is 12.7. The van der Waals surface area contributed by atoms with E-state index in [-0.39, 0.29) is 22.7 Å². The first-order valence-electron chi connectivity index (χ1n) is 8.11. The molecule has 2 N–H and O–H groups in total. The number of benzene rings is 1. The summed E-state index contributed by atoms with van der Waals surface area (Å²) < 4.78 is 12.2. The van der Waals surface area contributed by atoms with Crippen LogP contribution in [0.5, 0.6) is 11.5 Å². The van der Waals surface area contributed by atoms with Crippen molar-refractivity contribution in [3.63, 3.8) is 0 Å². The Morgan fingerprint density at radius 1 is 1.27 bits per heavy atom. The number of anilines is 1. The van der Waals surface area contributed by atoms with Gasteiger partial charge in [0.25, 0.3) is 5.91 Å². The quantitative estimate of drug-likeness (QED) is 0.786. The highest BCUT2D eigenvalue weighted by Gasteiger charge is 2.20. The Bertz CT molecular complexity index is 826. The van der Waals surface area contributed by atoms with Gasteiger partial charge in [0.15, 0.2) is 11.5 Å². The fourth-order valence-corrected chi connectivity index (χ4v) is 2.57. The van der Waals surface area contributed by atoms with Crippen molar-refractivity contribution in [2.24, 2.45) is 5.92 Å². The number of hydrogen-bond donors (Lipinski definition) is 2. The van der Waals surface area contributed by atoms with Crippen molar-refractivity contribution < 1.29 is 24.2 Å². The number of rotatable bonds is 7. The molecule has 2 rings (SSSR count). The van der Waals surface area contributed by atoms with Crippen LogP contribution < -0.4 is 14.8 Å². The third-order valence-electron chi connectivity index (χ3n) is 3.86. The van der Waals surface area contributed by atoms with Gasteiger partial charge < -0.3 is 19.9 Å². The highest BCUT2D eigenvalue weighted by atomic mass is 16.5. The number of nitrogens with zero attached hydrogens (tertiary/aromatic N) is 2. The lowest BCUT2D eigenvalue weighted by Crippen LogP contribution is -2.15. The van der Waals surface area contributed by atoms with E-state index in [1.165, 1.54) is 32.5 Å². The maximum absolute atomic E-state index is 12.7. The van der Waals surface area contributed by atoms with Crippen LogP contribution in [0.2, 0.25) is 0 Å². The Kier molecular flexibility index (Phi) is 5.86. The molecule has 0 aliphatic rings. The first-order valence-corrected chi connectivity index (χ1v) is 8.11. The number of carboxylic acid groups (broad SMARTS) is 1. The number of ether oxygens (including phenoxy) is 2. The summed E-state index contributed by atoms with van der Waals surface area (Å²) >= 11 is 0. The maximum Gasteiger partial charge on any atom is 0.335 e. The summed E-state index contributed by atoms with van der Waals surface area (Å²) in [5.41, 5.74) is 1.33. The summed E-state index contributed by atoms with van der Waals surface area (Å²) in [7, 11) is 2.81. The summed E-state index contributed by atoms with van der Waals surface area (Å²) in [5.74, 6) is -0.683. The van der Waals surface area contributed by atoms with Gasteiger partial charge in [-0.25, -0.2) is 4.79 Å². The third-order valence-corrected chi connectivity index (χ3v) is 3.86. The highest BCUT2D eigenvalue weighted by Crippen LogP contribution is 2.37. The number of nitrogens with one attached hydrogen (secondary N) is 1. The Balaban J connectivity index is 2.38. The number of carboxylic acids is 1. The van der Waals surface area contributed by atoms with Crippen LogP contribution in [-0.4, -0.2) is 41.0 Å². The first-order chi connectivity index (χ1) is 12.3. The normalized spacial score (nSPS) is 10.7. The van der Waals surface area contributed by atoms with Crippen LogP contribution in [0, 0.1) is 12.8 Å². The highest BCUT2D eigenvalue weighted by molar-refractivity contribution is 6.06. The van der Waals surface area contributed by atoms with Crippen molar-refractivity contribution in [3.05, 3.63) is 35.2 Å². The second-order valence-corrected chi connectivity index (χ2v) is 6.24. The molecule has 2 aromatic rings. The van der Waals surface area contributed by atoms with Gasteiger partial charge in [0.1, 0.15) is 0 Å². The molecule has 0 atom stereocenters. The second kappa shape index (κ2) is 7.90. The van der Waals surface area contributed by atoms with Crippen LogP contribution in [0.4, 0.5) is 5.69 Å². The molecule has 0 saturated heterocycles. The van der Waals surface area contributed by atoms with E-state index in [1.54, 1.807) is 4.68 Å². The SMILES string of the molecule is COc1cc(C(=O)O)cc(NC(=O)c2cnn(CC(C)C)c2C)c1OC. The van der Waals surface area contributed by atoms with Gasteiger partial charge >= 0.3 is 5.97 Å². The topological polar surface area (TPSA) is 103 Å². The molecule has 8 nitrogen and oxygen atoms in total. The van der Waals surface area contributed by atoms with E-state index in [9.17, 15) is 14.7 Å². The van der Waals surface area contributed by atoms with Gasteiger partial charge in [-0.1, -0.05) is 13.8 Å². The summed E-state index contributed by atoms with van der Waals surface area (Å²) in [5, 5.41) is 16.2. The van der Waals surface area contributed by atoms with Crippen molar-refractivity contribution in [1.82, 2.24) is 9.78 Å². The Morgan fingerprint density at radius 3 is 2.50 bits per heavy atom. The predicted molar refractivity (Wildman–Crippen MR) is 96.3 cm³/mol. The summed E-state index contributed by atoms with van der Waals surface area (Å²) in [6.07, 6.45) is 1.50. The largest absolute Gasteiger partial charge is 0.493 e. The fraction of sp³-hybridized carbons (Fsp3) is 0.389. The number of hydrogen-bond acceptors (Lipinski definition) is 5. The first kappa shape index (κ1) is 19.3. The zero-order chi connectivity index (χ0) is 19.4. The smallest absolute Gasteiger partial charge is 0.335 e. The van der Waals surface area contributed by atoms with Crippen molar-refractivity contribution in [2.45, 2.75) is 27.3 Å². The molecule has 0 spiro atoms. The van der Waals surface area contributed by atoms with E-state index in [1.807, 2.05) is 6.92 Å². The zero-order valence-corrected chi connectivity index (χ0v) is 15.5. The number of aromatic nitrogens is 2. The van der Waals surface area contributed by atoms with E-state index in [2.05, 4.69) is 24.3 Å². The Labute approximate surface area is 151 Å². The molecule has 0 unspecified atom stereocenters. The molecule has 1 aromatic carbocycles. The van der Waals surface area contributed by atoms with E-state index >= 15 is 0 Å². The standard InChI is InChI=1S/C18H23N3O5/c1-10(2)9-21-11(3)13(8-19-21)17(22)20-14-6-12(18(23)24)7-15(25-4)16(14)26-5/h6-8,10H,9H2,1-5H3,(H,20,22)(H,23,24). The minimum Gasteiger partial charge on any atom is -0.493 e. The molecule has 8 heteroatoms. The van der Waals surface area contributed by atoms with Crippen LogP contribution in [0.1, 0.15) is 40.3 Å². The van der Waals surface area contributed by atoms with Gasteiger partial charge in [0.2, 0.25) is 0 Å². The molecular formula is C18H23N3O5. The number of aromatic carboxylic acids is 1. The molecule has 0 radical (unpaired) electrons. The van der Waals surface area contributed by atoms with Crippen LogP contribution in [0.3, 0.4) is 0 Å². The summed E-state index contributed by atoms with van der Waals surface area (Å²) in [6, 6.07) is 2.66. The van der Waals surface area contributed by atoms with E-state index in [0.29, 0.717) is 18.0 Å². The fourth-order valence-electron chi connectivity index (χ4n) is 2.57. The van der Waals surface area contributed by atoms with Crippen molar-refractivity contribution in [2.75, 3.05) is 19.5 Å². The predicted octanol–water partition coefficient (Wildman–Crippen LogP) is 2.82. The van der Waals surface area contributed by atoms with Crippen LogP contribution in [-0.2, 0) is 6.54 Å². The van der Waals surface area contributed by atoms with Crippen molar-refractivity contribution in [3.8, 4) is 11.5 Å². The van der Waals surface area contributed by atoms with Gasteiger partial charge in [0, 0.05) is 12.2 Å². The molecule has 1 amide bonds. The average Bonchev–Trinajstić information content (AvgIpc) is 2.94. The van der Waals surface area contributed by atoms with E-state index in [0.717, 1.165) is 5.69 Å². The van der Waals surface area contributed by atoms with Crippen LogP contribution in [0.25, 0.3) is 0 Å². The van der Waals surface area contributed by atoms with Crippen molar-refractivity contribution >= 4 is 17.6 Å². The second-order valence-electron chi connectivity index (χ2n) is 6.24. The number of carbonyl (C=O) groups is 2. The Hall–Kier alpha value is -3.03. The molecular weight excluding hydrogens is 338 g/mol. The minimum absolute atomic E-state index is 0.0230. The van der Waals surface area contributed by atoms with E-state index in [4.69, 9.17) is 9.47 Å². The summed E-state index contributed by atoms with van der Waals surface area (Å²) in [4.78, 5) is 24.0. The number of amides is 1. The molecule has 0 saturated carbocycles. The van der Waals surface area contributed by atoms with Gasteiger partial charge in [-0.05, 0) is 25.0 Å². The van der Waals surface area contributed by atoms with Gasteiger partial charge in [-0.2, -0.15) is 5.10 Å². The molecule has 0 aliphatic carbocycles. The molecule has 140 valence electrons. The lowest BCUT2D eigenvalue weighted by molar-refractivity contribution is 0.0696. The minimum atomic E-state index is -1.14. The van der Waals surface area contributed by atoms with Gasteiger partial charge in [0.05, 0.1) is 37.2 Å². The molecule has 0 fully saturated rings. The van der Waals surface area contributed by atoms with Gasteiger partial charge in [-0.15, -0.1) is 0 Å². The molecule has 0 bridgehead atoms. The average molecular weight is 361 g/mol. The lowest BCUT2D eigenvalue weighted by Gasteiger charge is -2.15. The lowest BCUT2D eigenvalue weighted by atomic mass is 10.1. The van der Waals surface area contributed by atoms with Crippen molar-refractivity contribution in [1.29, 1.82) is 0 Å². The van der Waals surface area contributed by atoms with E-state index < -0.39 is 11.9 Å². The zero-order valence-electron chi connectivity index (χ0n) is 15.5. The molecule has 1 heterocycles. The van der Waals surface area contributed by atoms with Gasteiger partial charge in [-0.3, -0.25) is 9.48 Å². The third kappa shape index (κ3) is 3.96. The molecule has 26 heavy (non-hydrogen) atoms. The molecule has 1 aromatic heterocycles.